The molecule has 0 fully saturated rings. The molecule has 0 aromatic heterocycles. The molecule has 1 aromatic rings. The lowest BCUT2D eigenvalue weighted by Gasteiger charge is -2.06. The number of rotatable bonds is 1. The fourth-order valence-electron chi connectivity index (χ4n) is 1.52. The predicted octanol–water partition coefficient (Wildman–Crippen LogP) is 2.58. The zero-order valence-electron chi connectivity index (χ0n) is 7.89. The Balaban J connectivity index is 2.68. The molecule has 0 N–H and O–H groups in total. The van der Waals surface area contributed by atoms with Crippen molar-refractivity contribution in [1.82, 2.24) is 0 Å². The Bertz CT molecular complexity index is 412. The Hall–Kier alpha value is -1.22. The molecule has 1 aliphatic heterocycles. The van der Waals surface area contributed by atoms with Crippen LogP contribution >= 0.6 is 11.6 Å². The summed E-state index contributed by atoms with van der Waals surface area (Å²) in [6, 6.07) is 1.62. The number of carbonyl (C=O) groups is 1. The molecule has 0 spiro atoms. The highest BCUT2D eigenvalue weighted by Gasteiger charge is 2.23. The van der Waals surface area contributed by atoms with Gasteiger partial charge in [0.15, 0.2) is 17.3 Å². The van der Waals surface area contributed by atoms with Gasteiger partial charge in [-0.3, -0.25) is 4.79 Å². The smallest absolute Gasteiger partial charge is 0.231 e. The average Bonchev–Trinajstić information content (AvgIpc) is 2.59. The number of hydrogen-bond acceptors (Lipinski definition) is 3. The number of hydrogen-bond donors (Lipinski definition) is 0. The van der Waals surface area contributed by atoms with E-state index < -0.39 is 0 Å². The van der Waals surface area contributed by atoms with Crippen molar-refractivity contribution in [2.75, 3.05) is 6.79 Å². The summed E-state index contributed by atoms with van der Waals surface area (Å²) in [6.45, 7) is 3.48. The largest absolute Gasteiger partial charge is 0.453 e. The summed E-state index contributed by atoms with van der Waals surface area (Å²) in [5.41, 5.74) is 1.37. The van der Waals surface area contributed by atoms with Crippen LogP contribution in [-0.4, -0.2) is 12.6 Å². The molecular weight excluding hydrogens is 204 g/mol. The molecular formula is C10H9ClO3. The molecule has 1 aromatic carbocycles. The minimum absolute atomic E-state index is 0.0253. The van der Waals surface area contributed by atoms with Crippen molar-refractivity contribution >= 4 is 17.4 Å². The molecule has 0 radical (unpaired) electrons. The van der Waals surface area contributed by atoms with E-state index in [1.165, 1.54) is 6.92 Å². The van der Waals surface area contributed by atoms with Gasteiger partial charge in [0.05, 0.1) is 5.02 Å². The molecule has 2 rings (SSSR count). The maximum absolute atomic E-state index is 11.3. The summed E-state index contributed by atoms with van der Waals surface area (Å²) < 4.78 is 10.4. The van der Waals surface area contributed by atoms with Gasteiger partial charge in [-0.05, 0) is 19.9 Å². The number of halogens is 1. The van der Waals surface area contributed by atoms with Gasteiger partial charge in [-0.25, -0.2) is 0 Å². The highest BCUT2D eigenvalue weighted by Crippen LogP contribution is 2.43. The fourth-order valence-corrected chi connectivity index (χ4v) is 1.77. The molecule has 0 unspecified atom stereocenters. The zero-order chi connectivity index (χ0) is 10.3. The number of Topliss-reactive ketones (excluding diaryl/α,β-unsaturated/α-hetero) is 1. The SMILES string of the molecule is CC(=O)c1cc(Cl)c2c(c1C)OCO2. The van der Waals surface area contributed by atoms with Gasteiger partial charge in [-0.15, -0.1) is 0 Å². The Morgan fingerprint density at radius 2 is 2.07 bits per heavy atom. The van der Waals surface area contributed by atoms with Gasteiger partial charge in [-0.1, -0.05) is 11.6 Å². The monoisotopic (exact) mass is 212 g/mol. The topological polar surface area (TPSA) is 35.5 Å². The summed E-state index contributed by atoms with van der Waals surface area (Å²) in [4.78, 5) is 11.3. The second-order valence-electron chi connectivity index (χ2n) is 3.15. The lowest BCUT2D eigenvalue weighted by Crippen LogP contribution is -1.97. The summed E-state index contributed by atoms with van der Waals surface area (Å²) in [5.74, 6) is 1.10. The van der Waals surface area contributed by atoms with Crippen molar-refractivity contribution in [2.45, 2.75) is 13.8 Å². The summed E-state index contributed by atoms with van der Waals surface area (Å²) >= 11 is 5.93. The van der Waals surface area contributed by atoms with Crippen molar-refractivity contribution < 1.29 is 14.3 Å². The van der Waals surface area contributed by atoms with Gasteiger partial charge in [-0.2, -0.15) is 0 Å². The van der Waals surface area contributed by atoms with Gasteiger partial charge < -0.3 is 9.47 Å². The maximum atomic E-state index is 11.3. The molecule has 1 aliphatic rings. The molecule has 0 bridgehead atoms. The van der Waals surface area contributed by atoms with E-state index in [0.29, 0.717) is 22.1 Å². The van der Waals surface area contributed by atoms with E-state index in [4.69, 9.17) is 21.1 Å². The Kier molecular flexibility index (Phi) is 2.11. The zero-order valence-corrected chi connectivity index (χ0v) is 8.64. The van der Waals surface area contributed by atoms with Gasteiger partial charge >= 0.3 is 0 Å². The van der Waals surface area contributed by atoms with Crippen molar-refractivity contribution in [1.29, 1.82) is 0 Å². The van der Waals surface area contributed by atoms with Gasteiger partial charge in [0.1, 0.15) is 0 Å². The predicted molar refractivity (Wildman–Crippen MR) is 52.3 cm³/mol. The van der Waals surface area contributed by atoms with E-state index in [0.717, 1.165) is 5.56 Å². The van der Waals surface area contributed by atoms with Crippen LogP contribution in [0.4, 0.5) is 0 Å². The van der Waals surface area contributed by atoms with Crippen LogP contribution < -0.4 is 9.47 Å². The van der Waals surface area contributed by atoms with Crippen LogP contribution in [0.1, 0.15) is 22.8 Å². The van der Waals surface area contributed by atoms with Crippen LogP contribution in [0, 0.1) is 6.92 Å². The quantitative estimate of drug-likeness (QED) is 0.672. The van der Waals surface area contributed by atoms with E-state index >= 15 is 0 Å². The third kappa shape index (κ3) is 1.24. The van der Waals surface area contributed by atoms with E-state index in [1.807, 2.05) is 6.92 Å². The van der Waals surface area contributed by atoms with Crippen molar-refractivity contribution in [2.24, 2.45) is 0 Å². The highest BCUT2D eigenvalue weighted by atomic mass is 35.5. The fraction of sp³-hybridized carbons (Fsp3) is 0.300. The summed E-state index contributed by atoms with van der Waals surface area (Å²) in [5, 5.41) is 0.424. The van der Waals surface area contributed by atoms with Crippen molar-refractivity contribution in [3.8, 4) is 11.5 Å². The Labute approximate surface area is 86.6 Å². The molecule has 0 amide bonds. The number of carbonyl (C=O) groups excluding carboxylic acids is 1. The van der Waals surface area contributed by atoms with E-state index in [2.05, 4.69) is 0 Å². The first-order valence-electron chi connectivity index (χ1n) is 4.21. The van der Waals surface area contributed by atoms with Gasteiger partial charge in [0.2, 0.25) is 6.79 Å². The number of ether oxygens (including phenoxy) is 2. The van der Waals surface area contributed by atoms with Crippen molar-refractivity contribution in [3.05, 3.63) is 22.2 Å². The second kappa shape index (κ2) is 3.17. The van der Waals surface area contributed by atoms with E-state index in [1.54, 1.807) is 6.07 Å². The lowest BCUT2D eigenvalue weighted by molar-refractivity contribution is 0.101. The van der Waals surface area contributed by atoms with Crippen LogP contribution in [0.5, 0.6) is 11.5 Å². The number of fused-ring (bicyclic) bond motifs is 1. The molecule has 4 heteroatoms. The minimum atomic E-state index is -0.0253. The molecule has 1 heterocycles. The van der Waals surface area contributed by atoms with Gasteiger partial charge in [0, 0.05) is 11.1 Å². The van der Waals surface area contributed by atoms with Crippen LogP contribution in [0.2, 0.25) is 5.02 Å². The number of ketones is 1. The molecule has 0 saturated carbocycles. The Morgan fingerprint density at radius 3 is 2.71 bits per heavy atom. The van der Waals surface area contributed by atoms with Crippen LogP contribution in [0.25, 0.3) is 0 Å². The summed E-state index contributed by atoms with van der Waals surface area (Å²) in [6.07, 6.45) is 0. The molecule has 74 valence electrons. The Morgan fingerprint density at radius 1 is 1.43 bits per heavy atom. The second-order valence-corrected chi connectivity index (χ2v) is 3.56. The van der Waals surface area contributed by atoms with Crippen LogP contribution in [0.3, 0.4) is 0 Å². The van der Waals surface area contributed by atoms with E-state index in [9.17, 15) is 4.79 Å². The number of benzene rings is 1. The third-order valence-corrected chi connectivity index (χ3v) is 2.51. The third-order valence-electron chi connectivity index (χ3n) is 2.22. The van der Waals surface area contributed by atoms with Gasteiger partial charge in [0.25, 0.3) is 0 Å². The molecule has 3 nitrogen and oxygen atoms in total. The lowest BCUT2D eigenvalue weighted by atomic mass is 10.0. The highest BCUT2D eigenvalue weighted by molar-refractivity contribution is 6.32. The molecule has 0 saturated heterocycles. The first kappa shape index (κ1) is 9.34. The van der Waals surface area contributed by atoms with Crippen LogP contribution in [0.15, 0.2) is 6.07 Å². The maximum Gasteiger partial charge on any atom is 0.231 e. The first-order valence-corrected chi connectivity index (χ1v) is 4.58. The standard InChI is InChI=1S/C10H9ClO3/c1-5-7(6(2)12)3-8(11)10-9(5)13-4-14-10/h3H,4H2,1-2H3. The van der Waals surface area contributed by atoms with E-state index in [-0.39, 0.29) is 12.6 Å². The average molecular weight is 213 g/mol. The first-order chi connectivity index (χ1) is 6.61. The minimum Gasteiger partial charge on any atom is -0.453 e. The van der Waals surface area contributed by atoms with Crippen molar-refractivity contribution in [3.63, 3.8) is 0 Å². The molecule has 14 heavy (non-hydrogen) atoms. The summed E-state index contributed by atoms with van der Waals surface area (Å²) in [7, 11) is 0. The molecule has 0 atom stereocenters. The normalized spacial score (nSPS) is 13.1. The van der Waals surface area contributed by atoms with Crippen LogP contribution in [-0.2, 0) is 0 Å². The molecule has 0 aliphatic carbocycles.